The van der Waals surface area contributed by atoms with Crippen LogP contribution in [0.2, 0.25) is 5.02 Å². The van der Waals surface area contributed by atoms with E-state index >= 15 is 0 Å². The van der Waals surface area contributed by atoms with Crippen molar-refractivity contribution in [2.24, 2.45) is 7.05 Å². The van der Waals surface area contributed by atoms with E-state index in [1.54, 1.807) is 0 Å². The highest BCUT2D eigenvalue weighted by atomic mass is 35.5. The van der Waals surface area contributed by atoms with Crippen LogP contribution in [0.3, 0.4) is 0 Å². The Balaban J connectivity index is 2.02. The van der Waals surface area contributed by atoms with E-state index in [-0.39, 0.29) is 0 Å². The molecule has 3 rings (SSSR count). The van der Waals surface area contributed by atoms with Crippen molar-refractivity contribution in [2.75, 3.05) is 13.1 Å². The number of halogens is 1. The minimum atomic E-state index is 0.520. The maximum atomic E-state index is 6.25. The van der Waals surface area contributed by atoms with Crippen molar-refractivity contribution in [1.29, 1.82) is 0 Å². The average Bonchev–Trinajstić information content (AvgIpc) is 2.99. The maximum Gasteiger partial charge on any atom is 0.113 e. The Morgan fingerprint density at radius 1 is 1.39 bits per heavy atom. The lowest BCUT2D eigenvalue weighted by Crippen LogP contribution is -2.11. The minimum Gasteiger partial charge on any atom is -0.331 e. The average molecular weight is 262 g/mol. The number of rotatable bonds is 2. The first-order chi connectivity index (χ1) is 8.77. The first kappa shape index (κ1) is 11.8. The molecule has 1 aliphatic heterocycles. The van der Waals surface area contributed by atoms with Gasteiger partial charge in [-0.15, -0.1) is 0 Å². The molecule has 4 heteroatoms. The van der Waals surface area contributed by atoms with Crippen LogP contribution in [0.1, 0.15) is 18.2 Å². The molecule has 94 valence electrons. The first-order valence-electron chi connectivity index (χ1n) is 6.24. The number of hydrogen-bond acceptors (Lipinski definition) is 2. The zero-order valence-electron chi connectivity index (χ0n) is 10.4. The molecule has 0 spiro atoms. The van der Waals surface area contributed by atoms with E-state index < -0.39 is 0 Å². The fraction of sp³-hybridized carbons (Fsp3) is 0.357. The summed E-state index contributed by atoms with van der Waals surface area (Å²) >= 11 is 6.25. The van der Waals surface area contributed by atoms with Crippen molar-refractivity contribution >= 4 is 11.6 Å². The highest BCUT2D eigenvalue weighted by molar-refractivity contribution is 6.33. The summed E-state index contributed by atoms with van der Waals surface area (Å²) in [6.07, 6.45) is 3.09. The molecule has 18 heavy (non-hydrogen) atoms. The third-order valence-corrected chi connectivity index (χ3v) is 3.93. The van der Waals surface area contributed by atoms with Crippen molar-refractivity contribution < 1.29 is 0 Å². The summed E-state index contributed by atoms with van der Waals surface area (Å²) in [5.74, 6) is 1.67. The molecular formula is C14H16ClN3. The van der Waals surface area contributed by atoms with E-state index in [4.69, 9.17) is 11.6 Å². The molecule has 1 unspecified atom stereocenters. The smallest absolute Gasteiger partial charge is 0.113 e. The van der Waals surface area contributed by atoms with Crippen LogP contribution in [0.25, 0.3) is 11.3 Å². The molecule has 0 amide bonds. The Kier molecular flexibility index (Phi) is 3.10. The van der Waals surface area contributed by atoms with Gasteiger partial charge in [-0.05, 0) is 19.0 Å². The molecule has 0 aliphatic carbocycles. The molecule has 1 fully saturated rings. The number of imidazole rings is 1. The van der Waals surface area contributed by atoms with Crippen LogP contribution < -0.4 is 5.32 Å². The van der Waals surface area contributed by atoms with Crippen molar-refractivity contribution in [2.45, 2.75) is 12.3 Å². The molecule has 2 heterocycles. The molecule has 1 atom stereocenters. The van der Waals surface area contributed by atoms with Crippen LogP contribution in [0.4, 0.5) is 0 Å². The number of nitrogens with one attached hydrogen (secondary N) is 1. The van der Waals surface area contributed by atoms with Crippen LogP contribution in [-0.2, 0) is 7.05 Å². The monoisotopic (exact) mass is 261 g/mol. The van der Waals surface area contributed by atoms with Gasteiger partial charge in [0.25, 0.3) is 0 Å². The van der Waals surface area contributed by atoms with Gasteiger partial charge in [0.2, 0.25) is 0 Å². The molecular weight excluding hydrogens is 246 g/mol. The molecule has 1 aromatic heterocycles. The normalized spacial score (nSPS) is 19.3. The standard InChI is InChI=1S/C14H16ClN3/c1-18-13(11-4-2-3-5-12(11)15)9-17-14(18)10-6-7-16-8-10/h2-5,9-10,16H,6-8H2,1H3. The molecule has 0 radical (unpaired) electrons. The first-order valence-corrected chi connectivity index (χ1v) is 6.62. The minimum absolute atomic E-state index is 0.520. The molecule has 1 aliphatic rings. The van der Waals surface area contributed by atoms with Crippen molar-refractivity contribution in [3.05, 3.63) is 41.3 Å². The van der Waals surface area contributed by atoms with Gasteiger partial charge in [-0.3, -0.25) is 0 Å². The summed E-state index contributed by atoms with van der Waals surface area (Å²) in [6, 6.07) is 7.91. The van der Waals surface area contributed by atoms with Crippen LogP contribution in [0.15, 0.2) is 30.5 Å². The fourth-order valence-electron chi connectivity index (χ4n) is 2.60. The maximum absolute atomic E-state index is 6.25. The molecule has 3 nitrogen and oxygen atoms in total. The quantitative estimate of drug-likeness (QED) is 0.901. The van der Waals surface area contributed by atoms with E-state index in [0.29, 0.717) is 5.92 Å². The third-order valence-electron chi connectivity index (χ3n) is 3.60. The van der Waals surface area contributed by atoms with Gasteiger partial charge in [-0.2, -0.15) is 0 Å². The van der Waals surface area contributed by atoms with Gasteiger partial charge in [0.1, 0.15) is 5.82 Å². The molecule has 1 N–H and O–H groups in total. The molecule has 1 aromatic carbocycles. The summed E-state index contributed by atoms with van der Waals surface area (Å²) in [6.45, 7) is 2.10. The summed E-state index contributed by atoms with van der Waals surface area (Å²) in [7, 11) is 2.07. The van der Waals surface area contributed by atoms with E-state index in [1.807, 2.05) is 30.5 Å². The third kappa shape index (κ3) is 1.93. The van der Waals surface area contributed by atoms with Gasteiger partial charge in [0.15, 0.2) is 0 Å². The Hall–Kier alpha value is -1.32. The molecule has 0 bridgehead atoms. The zero-order chi connectivity index (χ0) is 12.5. The van der Waals surface area contributed by atoms with Gasteiger partial charge < -0.3 is 9.88 Å². The molecule has 1 saturated heterocycles. The van der Waals surface area contributed by atoms with Gasteiger partial charge >= 0.3 is 0 Å². The van der Waals surface area contributed by atoms with Crippen molar-refractivity contribution in [1.82, 2.24) is 14.9 Å². The molecule has 0 saturated carbocycles. The Morgan fingerprint density at radius 3 is 2.94 bits per heavy atom. The highest BCUT2D eigenvalue weighted by Gasteiger charge is 2.22. The molecule has 2 aromatic rings. The second kappa shape index (κ2) is 4.75. The Bertz CT molecular complexity index is 556. The fourth-order valence-corrected chi connectivity index (χ4v) is 2.83. The van der Waals surface area contributed by atoms with E-state index in [1.165, 1.54) is 0 Å². The largest absolute Gasteiger partial charge is 0.331 e. The number of benzene rings is 1. The number of nitrogens with zero attached hydrogens (tertiary/aromatic N) is 2. The Labute approximate surface area is 112 Å². The number of hydrogen-bond donors (Lipinski definition) is 1. The van der Waals surface area contributed by atoms with Crippen LogP contribution in [0.5, 0.6) is 0 Å². The lowest BCUT2D eigenvalue weighted by atomic mass is 10.1. The van der Waals surface area contributed by atoms with Crippen LogP contribution >= 0.6 is 11.6 Å². The zero-order valence-corrected chi connectivity index (χ0v) is 11.1. The predicted molar refractivity (Wildman–Crippen MR) is 73.9 cm³/mol. The van der Waals surface area contributed by atoms with Gasteiger partial charge in [0.05, 0.1) is 11.9 Å². The van der Waals surface area contributed by atoms with Crippen LogP contribution in [-0.4, -0.2) is 22.6 Å². The highest BCUT2D eigenvalue weighted by Crippen LogP contribution is 2.30. The SMILES string of the molecule is Cn1c(-c2ccccc2Cl)cnc1C1CCNC1. The van der Waals surface area contributed by atoms with Crippen molar-refractivity contribution in [3.8, 4) is 11.3 Å². The van der Waals surface area contributed by atoms with E-state index in [9.17, 15) is 0 Å². The van der Waals surface area contributed by atoms with Gasteiger partial charge in [-0.1, -0.05) is 29.8 Å². The topological polar surface area (TPSA) is 29.9 Å². The van der Waals surface area contributed by atoms with Crippen molar-refractivity contribution in [3.63, 3.8) is 0 Å². The van der Waals surface area contributed by atoms with Gasteiger partial charge in [-0.25, -0.2) is 4.98 Å². The Morgan fingerprint density at radius 2 is 2.22 bits per heavy atom. The van der Waals surface area contributed by atoms with E-state index in [0.717, 1.165) is 41.6 Å². The predicted octanol–water partition coefficient (Wildman–Crippen LogP) is 2.82. The van der Waals surface area contributed by atoms with Crippen LogP contribution in [0, 0.1) is 0 Å². The number of aromatic nitrogens is 2. The summed E-state index contributed by atoms with van der Waals surface area (Å²) in [4.78, 5) is 4.58. The summed E-state index contributed by atoms with van der Waals surface area (Å²) in [5, 5.41) is 4.15. The second-order valence-corrected chi connectivity index (χ2v) is 5.14. The van der Waals surface area contributed by atoms with Gasteiger partial charge in [0, 0.05) is 30.1 Å². The summed E-state index contributed by atoms with van der Waals surface area (Å²) in [5.41, 5.74) is 2.13. The lowest BCUT2D eigenvalue weighted by molar-refractivity contribution is 0.662. The second-order valence-electron chi connectivity index (χ2n) is 4.73. The summed E-state index contributed by atoms with van der Waals surface area (Å²) < 4.78 is 2.17. The van der Waals surface area contributed by atoms with E-state index in [2.05, 4.69) is 21.9 Å². The lowest BCUT2D eigenvalue weighted by Gasteiger charge is -2.11.